The first-order valence-corrected chi connectivity index (χ1v) is 10.4. The molecule has 2 aromatic rings. The fraction of sp³-hybridized carbons (Fsp3) is 0.500. The highest BCUT2D eigenvalue weighted by Gasteiger charge is 2.36. The van der Waals surface area contributed by atoms with E-state index in [1.54, 1.807) is 6.07 Å². The minimum Gasteiger partial charge on any atom is -0.356 e. The molecule has 1 saturated heterocycles. The number of H-pyrrole nitrogens is 1. The van der Waals surface area contributed by atoms with Crippen molar-refractivity contribution in [3.63, 3.8) is 0 Å². The van der Waals surface area contributed by atoms with Gasteiger partial charge in [0, 0.05) is 18.0 Å². The zero-order valence-electron chi connectivity index (χ0n) is 18.1. The quantitative estimate of drug-likeness (QED) is 0.650. The van der Waals surface area contributed by atoms with Gasteiger partial charge in [0.05, 0.1) is 23.6 Å². The third-order valence-corrected chi connectivity index (χ3v) is 5.36. The van der Waals surface area contributed by atoms with Crippen LogP contribution >= 0.6 is 0 Å². The maximum atomic E-state index is 13.1. The van der Waals surface area contributed by atoms with Gasteiger partial charge in [0.2, 0.25) is 11.8 Å². The van der Waals surface area contributed by atoms with Gasteiger partial charge in [0.1, 0.15) is 6.04 Å². The monoisotopic (exact) mass is 424 g/mol. The average molecular weight is 425 g/mol. The summed E-state index contributed by atoms with van der Waals surface area (Å²) in [7, 11) is 0. The number of aromatic nitrogens is 2. The topological polar surface area (TPSA) is 131 Å². The zero-order chi connectivity index (χ0) is 22.6. The highest BCUT2D eigenvalue weighted by atomic mass is 16.2. The van der Waals surface area contributed by atoms with Crippen LogP contribution in [-0.2, 0) is 9.59 Å². The predicted octanol–water partition coefficient (Wildman–Crippen LogP) is 1.73. The van der Waals surface area contributed by atoms with E-state index in [4.69, 9.17) is 0 Å². The first-order valence-electron chi connectivity index (χ1n) is 10.4. The third kappa shape index (κ3) is 5.20. The lowest BCUT2D eigenvalue weighted by Gasteiger charge is -2.40. The molecular weight excluding hydrogens is 396 g/mol. The van der Waals surface area contributed by atoms with Crippen molar-refractivity contribution in [1.82, 2.24) is 25.5 Å². The van der Waals surface area contributed by atoms with Crippen LogP contribution in [0.2, 0.25) is 0 Å². The zero-order valence-corrected chi connectivity index (χ0v) is 18.1. The Morgan fingerprint density at radius 3 is 2.74 bits per heavy atom. The number of para-hydroxylation sites is 2. The van der Waals surface area contributed by atoms with E-state index >= 15 is 0 Å². The van der Waals surface area contributed by atoms with E-state index in [-0.39, 0.29) is 36.5 Å². The predicted molar refractivity (Wildman–Crippen MR) is 115 cm³/mol. The lowest BCUT2D eigenvalue weighted by atomic mass is 9.89. The van der Waals surface area contributed by atoms with Crippen molar-refractivity contribution in [2.75, 3.05) is 13.1 Å². The molecule has 0 spiro atoms. The highest BCUT2D eigenvalue weighted by Crippen LogP contribution is 2.25. The number of carbonyl (C=O) groups excluding carboxylic acids is 3. The van der Waals surface area contributed by atoms with E-state index in [9.17, 15) is 19.6 Å². The molecule has 3 amide bonds. The maximum absolute atomic E-state index is 13.1. The van der Waals surface area contributed by atoms with Crippen LogP contribution in [0.25, 0.3) is 11.0 Å². The SMILES string of the molecule is CC(C)(C)N(C(=O)CNC(=O)c1nc2ccccc2[nH]1)C(C#N)CC1CCCNC1=O. The van der Waals surface area contributed by atoms with Gasteiger partial charge in [-0.15, -0.1) is 0 Å². The lowest BCUT2D eigenvalue weighted by Crippen LogP contribution is -2.55. The summed E-state index contributed by atoms with van der Waals surface area (Å²) >= 11 is 0. The summed E-state index contributed by atoms with van der Waals surface area (Å²) in [6.45, 7) is 5.86. The van der Waals surface area contributed by atoms with Crippen LogP contribution in [0.15, 0.2) is 24.3 Å². The molecule has 3 N–H and O–H groups in total. The summed E-state index contributed by atoms with van der Waals surface area (Å²) in [4.78, 5) is 46.3. The fourth-order valence-electron chi connectivity index (χ4n) is 3.95. The number of nitrogens with one attached hydrogen (secondary N) is 3. The Balaban J connectivity index is 1.69. The molecule has 2 heterocycles. The molecule has 0 aliphatic carbocycles. The molecule has 0 bridgehead atoms. The number of amides is 3. The number of benzene rings is 1. The first kappa shape index (κ1) is 22.3. The normalized spacial score (nSPS) is 17.5. The van der Waals surface area contributed by atoms with Crippen molar-refractivity contribution in [2.24, 2.45) is 5.92 Å². The van der Waals surface area contributed by atoms with Gasteiger partial charge >= 0.3 is 0 Å². The van der Waals surface area contributed by atoms with Crippen LogP contribution in [0.4, 0.5) is 0 Å². The summed E-state index contributed by atoms with van der Waals surface area (Å²) in [5, 5.41) is 15.2. The van der Waals surface area contributed by atoms with Crippen LogP contribution in [0.3, 0.4) is 0 Å². The number of piperidine rings is 1. The van der Waals surface area contributed by atoms with Crippen LogP contribution in [-0.4, -0.2) is 57.3 Å². The Hall–Kier alpha value is -3.41. The van der Waals surface area contributed by atoms with Gasteiger partial charge in [-0.3, -0.25) is 14.4 Å². The third-order valence-electron chi connectivity index (χ3n) is 5.36. The lowest BCUT2D eigenvalue weighted by molar-refractivity contribution is -0.138. The minimum absolute atomic E-state index is 0.0778. The largest absolute Gasteiger partial charge is 0.356 e. The van der Waals surface area contributed by atoms with Gasteiger partial charge < -0.3 is 20.5 Å². The Morgan fingerprint density at radius 1 is 1.35 bits per heavy atom. The van der Waals surface area contributed by atoms with Gasteiger partial charge in [-0.1, -0.05) is 12.1 Å². The Morgan fingerprint density at radius 2 is 2.10 bits per heavy atom. The van der Waals surface area contributed by atoms with E-state index in [0.29, 0.717) is 18.5 Å². The van der Waals surface area contributed by atoms with Crippen LogP contribution < -0.4 is 10.6 Å². The molecule has 1 aromatic carbocycles. The second-order valence-corrected chi connectivity index (χ2v) is 8.73. The molecule has 1 aliphatic heterocycles. The first-order chi connectivity index (χ1) is 14.7. The Labute approximate surface area is 181 Å². The second kappa shape index (κ2) is 9.16. The molecule has 3 rings (SSSR count). The van der Waals surface area contributed by atoms with Crippen molar-refractivity contribution in [3.8, 4) is 6.07 Å². The molecule has 1 fully saturated rings. The van der Waals surface area contributed by atoms with E-state index in [1.165, 1.54) is 4.90 Å². The standard InChI is InChI=1S/C22H28N6O3/c1-22(2,3)28(15(12-23)11-14-7-6-10-24-20(14)30)18(29)13-25-21(31)19-26-16-8-4-5-9-17(16)27-19/h4-5,8-9,14-15H,6-7,10-11,13H2,1-3H3,(H,24,30)(H,25,31)(H,26,27). The second-order valence-electron chi connectivity index (χ2n) is 8.73. The van der Waals surface area contributed by atoms with Crippen molar-refractivity contribution in [2.45, 2.75) is 51.6 Å². The van der Waals surface area contributed by atoms with E-state index in [1.807, 2.05) is 39.0 Å². The summed E-state index contributed by atoms with van der Waals surface area (Å²) in [5.74, 6) is -1.16. The minimum atomic E-state index is -0.774. The number of rotatable bonds is 6. The van der Waals surface area contributed by atoms with Crippen LogP contribution in [0.5, 0.6) is 0 Å². The molecule has 1 aromatic heterocycles. The number of fused-ring (bicyclic) bond motifs is 1. The highest BCUT2D eigenvalue weighted by molar-refractivity contribution is 5.96. The summed E-state index contributed by atoms with van der Waals surface area (Å²) < 4.78 is 0. The molecule has 9 nitrogen and oxygen atoms in total. The molecule has 0 radical (unpaired) electrons. The van der Waals surface area contributed by atoms with Crippen molar-refractivity contribution < 1.29 is 14.4 Å². The van der Waals surface area contributed by atoms with Crippen molar-refractivity contribution in [1.29, 1.82) is 5.26 Å². The van der Waals surface area contributed by atoms with Crippen molar-refractivity contribution >= 4 is 28.8 Å². The molecule has 164 valence electrons. The number of imidazole rings is 1. The van der Waals surface area contributed by atoms with Crippen LogP contribution in [0.1, 0.15) is 50.7 Å². The van der Waals surface area contributed by atoms with Crippen LogP contribution in [0, 0.1) is 17.2 Å². The number of nitrogens with zero attached hydrogens (tertiary/aromatic N) is 3. The molecular formula is C22H28N6O3. The van der Waals surface area contributed by atoms with Crippen molar-refractivity contribution in [3.05, 3.63) is 30.1 Å². The van der Waals surface area contributed by atoms with Gasteiger partial charge in [0.15, 0.2) is 5.82 Å². The van der Waals surface area contributed by atoms with Gasteiger partial charge in [0.25, 0.3) is 5.91 Å². The average Bonchev–Trinajstić information content (AvgIpc) is 3.16. The van der Waals surface area contributed by atoms with Gasteiger partial charge in [-0.25, -0.2) is 4.98 Å². The number of hydrogen-bond donors (Lipinski definition) is 3. The number of carbonyl (C=O) groups is 3. The van der Waals surface area contributed by atoms with E-state index < -0.39 is 17.5 Å². The Bertz CT molecular complexity index is 983. The van der Waals surface area contributed by atoms with E-state index in [0.717, 1.165) is 11.9 Å². The molecule has 2 unspecified atom stereocenters. The molecule has 9 heteroatoms. The van der Waals surface area contributed by atoms with Gasteiger partial charge in [-0.2, -0.15) is 5.26 Å². The summed E-state index contributed by atoms with van der Waals surface area (Å²) in [5.41, 5.74) is 0.725. The van der Waals surface area contributed by atoms with E-state index in [2.05, 4.69) is 26.7 Å². The maximum Gasteiger partial charge on any atom is 0.287 e. The Kier molecular flexibility index (Phi) is 6.59. The number of hydrogen-bond acceptors (Lipinski definition) is 5. The summed E-state index contributed by atoms with van der Waals surface area (Å²) in [6.07, 6.45) is 1.81. The molecule has 31 heavy (non-hydrogen) atoms. The molecule has 1 aliphatic rings. The molecule has 0 saturated carbocycles. The summed E-state index contributed by atoms with van der Waals surface area (Å²) in [6, 6.07) is 8.67. The fourth-order valence-corrected chi connectivity index (χ4v) is 3.95. The molecule has 2 atom stereocenters. The number of aromatic amines is 1. The number of nitriles is 1. The van der Waals surface area contributed by atoms with Gasteiger partial charge in [-0.05, 0) is 52.2 Å². The smallest absolute Gasteiger partial charge is 0.287 e.